The highest BCUT2D eigenvalue weighted by Gasteiger charge is 2.51. The Morgan fingerprint density at radius 3 is 2.31 bits per heavy atom. The standard InChI is InChI=1S/C39H44N4O6/c1-37(2,3)49-36(47)42-38(4,5)35(46)41-31(23-26-24-40-30-18-12-11-15-27(26)30)33(44)43-21-19-39(20-22-43)32(25-13-7-6-8-14-25)28-16-9-10-17-29(28)34(45)48-39/h6-18,24,31-32,40H,19-23H2,1-5H3,(H,41,46)(H,42,47)/t31-,32?/m1/s1. The van der Waals surface area contributed by atoms with Crippen LogP contribution in [0.3, 0.4) is 0 Å². The van der Waals surface area contributed by atoms with E-state index >= 15 is 0 Å². The number of hydrogen-bond donors (Lipinski definition) is 3. The van der Waals surface area contributed by atoms with Crippen LogP contribution in [0.15, 0.2) is 85.1 Å². The number of piperidine rings is 1. The molecule has 4 aromatic rings. The maximum atomic E-state index is 14.4. The van der Waals surface area contributed by atoms with Crippen molar-refractivity contribution < 1.29 is 28.7 Å². The Morgan fingerprint density at radius 2 is 1.59 bits per heavy atom. The quantitative estimate of drug-likeness (QED) is 0.212. The van der Waals surface area contributed by atoms with Gasteiger partial charge in [0.15, 0.2) is 0 Å². The van der Waals surface area contributed by atoms with Crippen molar-refractivity contribution in [3.8, 4) is 0 Å². The normalized spacial score (nSPS) is 17.9. The van der Waals surface area contributed by atoms with Crippen molar-refractivity contribution in [2.45, 2.75) is 82.6 Å². The molecule has 2 atom stereocenters. The molecule has 3 aromatic carbocycles. The third-order valence-corrected chi connectivity index (χ3v) is 9.45. The number of hydrogen-bond acceptors (Lipinski definition) is 6. The van der Waals surface area contributed by atoms with Gasteiger partial charge in [0.05, 0.1) is 5.56 Å². The van der Waals surface area contributed by atoms with Gasteiger partial charge in [0.25, 0.3) is 0 Å². The number of ether oxygens (including phenoxy) is 2. The average Bonchev–Trinajstić information content (AvgIpc) is 3.46. The number of carbonyl (C=O) groups excluding carboxylic acids is 4. The highest BCUT2D eigenvalue weighted by Crippen LogP contribution is 2.48. The number of carbonyl (C=O) groups is 4. The van der Waals surface area contributed by atoms with Gasteiger partial charge in [-0.05, 0) is 63.4 Å². The highest BCUT2D eigenvalue weighted by atomic mass is 16.6. The molecule has 10 heteroatoms. The van der Waals surface area contributed by atoms with Crippen LogP contribution in [-0.4, -0.2) is 69.6 Å². The highest BCUT2D eigenvalue weighted by molar-refractivity contribution is 5.95. The van der Waals surface area contributed by atoms with Crippen molar-refractivity contribution in [2.24, 2.45) is 0 Å². The van der Waals surface area contributed by atoms with Gasteiger partial charge in [-0.2, -0.15) is 0 Å². The summed E-state index contributed by atoms with van der Waals surface area (Å²) in [4.78, 5) is 59.1. The molecule has 1 spiro atoms. The van der Waals surface area contributed by atoms with Crippen LogP contribution in [0.2, 0.25) is 0 Å². The molecule has 2 aliphatic rings. The Kier molecular flexibility index (Phi) is 9.00. The average molecular weight is 665 g/mol. The van der Waals surface area contributed by atoms with E-state index in [0.29, 0.717) is 31.5 Å². The molecule has 6 rings (SSSR count). The first-order chi connectivity index (χ1) is 23.3. The summed E-state index contributed by atoms with van der Waals surface area (Å²) >= 11 is 0. The summed E-state index contributed by atoms with van der Waals surface area (Å²) in [7, 11) is 0. The molecule has 10 nitrogen and oxygen atoms in total. The second-order valence-corrected chi connectivity index (χ2v) is 14.6. The number of fused-ring (bicyclic) bond motifs is 2. The molecule has 0 bridgehead atoms. The minimum Gasteiger partial charge on any atom is -0.454 e. The number of aromatic amines is 1. The first-order valence-corrected chi connectivity index (χ1v) is 16.8. The second kappa shape index (κ2) is 13.1. The molecule has 0 aliphatic carbocycles. The van der Waals surface area contributed by atoms with E-state index in [1.165, 1.54) is 0 Å². The maximum Gasteiger partial charge on any atom is 0.408 e. The van der Waals surface area contributed by atoms with E-state index in [1.807, 2.05) is 66.9 Å². The van der Waals surface area contributed by atoms with E-state index in [4.69, 9.17) is 9.47 Å². The molecule has 0 saturated carbocycles. The van der Waals surface area contributed by atoms with Gasteiger partial charge < -0.3 is 30.0 Å². The summed E-state index contributed by atoms with van der Waals surface area (Å²) in [6.45, 7) is 9.04. The monoisotopic (exact) mass is 664 g/mol. The number of benzene rings is 3. The number of esters is 1. The van der Waals surface area contributed by atoms with Gasteiger partial charge in [0, 0.05) is 55.4 Å². The predicted molar refractivity (Wildman–Crippen MR) is 186 cm³/mol. The number of amides is 3. The van der Waals surface area contributed by atoms with Gasteiger partial charge >= 0.3 is 12.1 Å². The zero-order valence-corrected chi connectivity index (χ0v) is 28.7. The summed E-state index contributed by atoms with van der Waals surface area (Å²) in [5, 5.41) is 6.55. The van der Waals surface area contributed by atoms with E-state index in [0.717, 1.165) is 27.6 Å². The van der Waals surface area contributed by atoms with Crippen molar-refractivity contribution in [3.63, 3.8) is 0 Å². The third kappa shape index (κ3) is 7.04. The van der Waals surface area contributed by atoms with Gasteiger partial charge in [-0.15, -0.1) is 0 Å². The second-order valence-electron chi connectivity index (χ2n) is 14.6. The molecular formula is C39H44N4O6. The zero-order chi connectivity index (χ0) is 35.0. The number of aromatic nitrogens is 1. The Bertz CT molecular complexity index is 1870. The number of nitrogens with one attached hydrogen (secondary N) is 3. The van der Waals surface area contributed by atoms with E-state index < -0.39 is 34.8 Å². The SMILES string of the molecule is CC(C)(C)OC(=O)NC(C)(C)C(=O)N[C@H](Cc1c[nH]c2ccccc12)C(=O)N1CCC2(CC1)OC(=O)c1ccccc1C2c1ccccc1. The molecule has 3 heterocycles. The lowest BCUT2D eigenvalue weighted by Gasteiger charge is -2.49. The molecule has 256 valence electrons. The van der Waals surface area contributed by atoms with E-state index in [-0.39, 0.29) is 24.2 Å². The van der Waals surface area contributed by atoms with Crippen LogP contribution in [-0.2, 0) is 25.5 Å². The largest absolute Gasteiger partial charge is 0.454 e. The topological polar surface area (TPSA) is 130 Å². The van der Waals surface area contributed by atoms with Crippen LogP contribution >= 0.6 is 0 Å². The van der Waals surface area contributed by atoms with Crippen molar-refractivity contribution in [3.05, 3.63) is 107 Å². The Morgan fingerprint density at radius 1 is 0.939 bits per heavy atom. The van der Waals surface area contributed by atoms with E-state index in [9.17, 15) is 19.2 Å². The molecule has 1 saturated heterocycles. The van der Waals surface area contributed by atoms with Crippen LogP contribution in [0.1, 0.15) is 80.4 Å². The van der Waals surface area contributed by atoms with Crippen molar-refractivity contribution >= 4 is 34.8 Å². The molecule has 0 radical (unpaired) electrons. The Labute approximate surface area is 286 Å². The van der Waals surface area contributed by atoms with Gasteiger partial charge in [0.2, 0.25) is 11.8 Å². The minimum absolute atomic E-state index is 0.193. The molecule has 49 heavy (non-hydrogen) atoms. The summed E-state index contributed by atoms with van der Waals surface area (Å²) in [6.07, 6.45) is 2.21. The molecule has 1 aromatic heterocycles. The number of nitrogens with zero attached hydrogens (tertiary/aromatic N) is 1. The minimum atomic E-state index is -1.38. The van der Waals surface area contributed by atoms with Gasteiger partial charge in [-0.1, -0.05) is 66.7 Å². The lowest BCUT2D eigenvalue weighted by atomic mass is 9.69. The zero-order valence-electron chi connectivity index (χ0n) is 28.7. The van der Waals surface area contributed by atoms with Gasteiger partial charge in [0.1, 0.15) is 22.8 Å². The summed E-state index contributed by atoms with van der Waals surface area (Å²) < 4.78 is 11.7. The van der Waals surface area contributed by atoms with Crippen LogP contribution in [0, 0.1) is 0 Å². The van der Waals surface area contributed by atoms with Gasteiger partial charge in [-0.3, -0.25) is 9.59 Å². The van der Waals surface area contributed by atoms with Crippen molar-refractivity contribution in [1.82, 2.24) is 20.5 Å². The summed E-state index contributed by atoms with van der Waals surface area (Å²) in [6, 6.07) is 24.5. The lowest BCUT2D eigenvalue weighted by Crippen LogP contribution is -2.61. The smallest absolute Gasteiger partial charge is 0.408 e. The fourth-order valence-corrected chi connectivity index (χ4v) is 7.04. The first-order valence-electron chi connectivity index (χ1n) is 16.8. The molecule has 3 N–H and O–H groups in total. The molecule has 2 aliphatic heterocycles. The van der Waals surface area contributed by atoms with E-state index in [2.05, 4.69) is 27.8 Å². The molecule has 1 fully saturated rings. The fourth-order valence-electron chi connectivity index (χ4n) is 7.04. The van der Waals surface area contributed by atoms with Crippen LogP contribution in [0.4, 0.5) is 4.79 Å². The number of alkyl carbamates (subject to hydrolysis) is 1. The number of H-pyrrole nitrogens is 1. The van der Waals surface area contributed by atoms with Gasteiger partial charge in [-0.25, -0.2) is 9.59 Å². The number of likely N-dealkylation sites (tertiary alicyclic amines) is 1. The fraction of sp³-hybridized carbons (Fsp3) is 0.385. The summed E-state index contributed by atoms with van der Waals surface area (Å²) in [5.74, 6) is -1.32. The van der Waals surface area contributed by atoms with Crippen molar-refractivity contribution in [2.75, 3.05) is 13.1 Å². The third-order valence-electron chi connectivity index (χ3n) is 9.45. The molecule has 1 unspecified atom stereocenters. The van der Waals surface area contributed by atoms with Crippen LogP contribution in [0.5, 0.6) is 0 Å². The Hall–Kier alpha value is -5.12. The first kappa shape index (κ1) is 33.8. The number of para-hydroxylation sites is 1. The molecule has 3 amide bonds. The van der Waals surface area contributed by atoms with Crippen LogP contribution in [0.25, 0.3) is 10.9 Å². The lowest BCUT2D eigenvalue weighted by molar-refractivity contribution is -0.142. The maximum absolute atomic E-state index is 14.4. The Balaban J connectivity index is 1.25. The van der Waals surface area contributed by atoms with E-state index in [1.54, 1.807) is 45.6 Å². The predicted octanol–water partition coefficient (Wildman–Crippen LogP) is 5.86. The van der Waals surface area contributed by atoms with Crippen molar-refractivity contribution in [1.29, 1.82) is 0 Å². The summed E-state index contributed by atoms with van der Waals surface area (Å²) in [5.41, 5.74) is 1.38. The number of rotatable bonds is 7. The molecular weight excluding hydrogens is 620 g/mol. The van der Waals surface area contributed by atoms with Crippen LogP contribution < -0.4 is 10.6 Å².